The molecule has 43 heavy (non-hydrogen) atoms. The molecule has 4 heterocycles. The molecule has 0 spiro atoms. The Morgan fingerprint density at radius 2 is 1.70 bits per heavy atom. The lowest BCUT2D eigenvalue weighted by molar-refractivity contribution is 0.306. The molecule has 3 aromatic rings. The number of aryl methyl sites for hydroxylation is 2. The molecule has 1 aromatic carbocycles. The SMILES string of the molecule is CCN(c1cc(-c2ccc(N3CCN(C)CC3)nc2)cc(CNCc2c(C)cc(C)[nH]c2=O)c1C)C1C[C@@H](C)N[C@H](C)C1. The van der Waals surface area contributed by atoms with E-state index < -0.39 is 0 Å². The minimum Gasteiger partial charge on any atom is -0.368 e. The smallest absolute Gasteiger partial charge is 0.252 e. The van der Waals surface area contributed by atoms with Crippen LogP contribution in [0.25, 0.3) is 11.1 Å². The van der Waals surface area contributed by atoms with E-state index >= 15 is 0 Å². The van der Waals surface area contributed by atoms with Gasteiger partial charge in [0.15, 0.2) is 0 Å². The van der Waals surface area contributed by atoms with Crippen LogP contribution in [0.3, 0.4) is 0 Å². The highest BCUT2D eigenvalue weighted by molar-refractivity contribution is 5.73. The first-order valence-corrected chi connectivity index (χ1v) is 16.1. The maximum Gasteiger partial charge on any atom is 0.252 e. The van der Waals surface area contributed by atoms with Crippen LogP contribution in [-0.2, 0) is 13.1 Å². The number of H-pyrrole nitrogens is 1. The topological polar surface area (TPSA) is 79.5 Å². The van der Waals surface area contributed by atoms with Gasteiger partial charge in [-0.15, -0.1) is 0 Å². The van der Waals surface area contributed by atoms with Crippen molar-refractivity contribution in [2.75, 3.05) is 49.6 Å². The molecule has 0 amide bonds. The summed E-state index contributed by atoms with van der Waals surface area (Å²) in [5.41, 5.74) is 8.90. The predicted octanol–water partition coefficient (Wildman–Crippen LogP) is 4.76. The Kier molecular flexibility index (Phi) is 9.89. The molecule has 0 radical (unpaired) electrons. The van der Waals surface area contributed by atoms with E-state index in [-0.39, 0.29) is 5.56 Å². The van der Waals surface area contributed by atoms with Crippen molar-refractivity contribution in [2.24, 2.45) is 0 Å². The summed E-state index contributed by atoms with van der Waals surface area (Å²) in [6, 6.07) is 12.6. The first-order chi connectivity index (χ1) is 20.6. The average molecular weight is 586 g/mol. The normalized spacial score (nSPS) is 21.3. The van der Waals surface area contributed by atoms with Gasteiger partial charge in [0, 0.05) is 92.6 Å². The third kappa shape index (κ3) is 7.31. The zero-order valence-electron chi connectivity index (χ0n) is 27.3. The molecule has 0 bridgehead atoms. The number of piperidine rings is 1. The van der Waals surface area contributed by atoms with Crippen molar-refractivity contribution < 1.29 is 0 Å². The largest absolute Gasteiger partial charge is 0.368 e. The summed E-state index contributed by atoms with van der Waals surface area (Å²) in [5, 5.41) is 7.31. The van der Waals surface area contributed by atoms with E-state index in [2.05, 4.69) is 89.3 Å². The van der Waals surface area contributed by atoms with Crippen molar-refractivity contribution >= 4 is 11.5 Å². The number of hydrogen-bond donors (Lipinski definition) is 3. The number of hydrogen-bond acceptors (Lipinski definition) is 7. The number of aromatic amines is 1. The number of anilines is 2. The van der Waals surface area contributed by atoms with Crippen molar-refractivity contribution in [3.8, 4) is 11.1 Å². The van der Waals surface area contributed by atoms with Gasteiger partial charge in [0.1, 0.15) is 5.82 Å². The van der Waals surface area contributed by atoms with Crippen LogP contribution in [0.5, 0.6) is 0 Å². The summed E-state index contributed by atoms with van der Waals surface area (Å²) in [6.45, 7) is 19.4. The highest BCUT2D eigenvalue weighted by Crippen LogP contribution is 2.35. The van der Waals surface area contributed by atoms with Crippen LogP contribution >= 0.6 is 0 Å². The first-order valence-electron chi connectivity index (χ1n) is 16.1. The maximum absolute atomic E-state index is 12.7. The molecule has 2 fully saturated rings. The first kappa shape index (κ1) is 31.2. The number of benzene rings is 1. The molecule has 0 saturated carbocycles. The number of nitrogens with zero attached hydrogens (tertiary/aromatic N) is 4. The van der Waals surface area contributed by atoms with Gasteiger partial charge in [-0.2, -0.15) is 0 Å². The molecule has 0 unspecified atom stereocenters. The lowest BCUT2D eigenvalue weighted by atomic mass is 9.91. The molecule has 0 aliphatic carbocycles. The molecule has 8 nitrogen and oxygen atoms in total. The second-order valence-corrected chi connectivity index (χ2v) is 12.9. The van der Waals surface area contributed by atoms with E-state index in [9.17, 15) is 4.79 Å². The Balaban J connectivity index is 1.46. The summed E-state index contributed by atoms with van der Waals surface area (Å²) < 4.78 is 0. The van der Waals surface area contributed by atoms with Crippen LogP contribution in [0.4, 0.5) is 11.5 Å². The highest BCUT2D eigenvalue weighted by atomic mass is 16.1. The zero-order valence-corrected chi connectivity index (χ0v) is 27.3. The fourth-order valence-corrected chi connectivity index (χ4v) is 7.02. The third-order valence-corrected chi connectivity index (χ3v) is 9.42. The Morgan fingerprint density at radius 3 is 2.33 bits per heavy atom. The van der Waals surface area contributed by atoms with Crippen molar-refractivity contribution in [3.05, 3.63) is 74.8 Å². The standard InChI is InChI=1S/C35H51N7O/c1-8-42(31-16-25(4)38-26(5)17-31)33-19-29(28-9-10-34(37-21-28)41-13-11-40(7)12-14-41)18-30(27(33)6)20-36-22-32-23(2)15-24(3)39-35(32)43/h9-10,15,18-19,21,25-26,31,36,38H,8,11-14,16-17,20,22H2,1-7H3,(H,39,43)/t25-,26-/m1/s1. The van der Waals surface area contributed by atoms with E-state index in [0.717, 1.165) is 73.8 Å². The van der Waals surface area contributed by atoms with E-state index in [1.165, 1.54) is 22.4 Å². The van der Waals surface area contributed by atoms with Gasteiger partial charge in [-0.25, -0.2) is 4.98 Å². The van der Waals surface area contributed by atoms with Gasteiger partial charge in [0.05, 0.1) is 0 Å². The van der Waals surface area contributed by atoms with Gasteiger partial charge in [-0.3, -0.25) is 4.79 Å². The molecule has 2 aromatic heterocycles. The highest BCUT2D eigenvalue weighted by Gasteiger charge is 2.29. The Morgan fingerprint density at radius 1 is 0.977 bits per heavy atom. The molecule has 232 valence electrons. The molecule has 3 N–H and O–H groups in total. The second kappa shape index (κ2) is 13.6. The number of nitrogens with one attached hydrogen (secondary N) is 3. The average Bonchev–Trinajstić information content (AvgIpc) is 2.96. The quantitative estimate of drug-likeness (QED) is 0.334. The number of likely N-dealkylation sites (N-methyl/N-ethyl adjacent to an activating group) is 1. The van der Waals surface area contributed by atoms with Crippen LogP contribution in [0.15, 0.2) is 41.3 Å². The van der Waals surface area contributed by atoms with Gasteiger partial charge in [-0.1, -0.05) is 0 Å². The van der Waals surface area contributed by atoms with Crippen LogP contribution in [0.1, 0.15) is 61.6 Å². The van der Waals surface area contributed by atoms with Crippen molar-refractivity contribution in [1.29, 1.82) is 0 Å². The fraction of sp³-hybridized carbons (Fsp3) is 0.543. The second-order valence-electron chi connectivity index (χ2n) is 12.9. The molecular weight excluding hydrogens is 534 g/mol. The summed E-state index contributed by atoms with van der Waals surface area (Å²) >= 11 is 0. The van der Waals surface area contributed by atoms with Gasteiger partial charge in [0.25, 0.3) is 5.56 Å². The van der Waals surface area contributed by atoms with Crippen LogP contribution in [0.2, 0.25) is 0 Å². The Bertz CT molecular complexity index is 1430. The molecule has 5 rings (SSSR count). The summed E-state index contributed by atoms with van der Waals surface area (Å²) in [6.07, 6.45) is 4.30. The van der Waals surface area contributed by atoms with E-state index in [4.69, 9.17) is 4.98 Å². The lowest BCUT2D eigenvalue weighted by Crippen LogP contribution is -2.51. The Labute approximate surface area is 257 Å². The van der Waals surface area contributed by atoms with Gasteiger partial charge >= 0.3 is 0 Å². The maximum atomic E-state index is 12.7. The molecule has 2 aliphatic heterocycles. The van der Waals surface area contributed by atoms with Gasteiger partial charge in [-0.05, 0) is 114 Å². The number of rotatable bonds is 9. The van der Waals surface area contributed by atoms with Crippen molar-refractivity contribution in [3.63, 3.8) is 0 Å². The minimum atomic E-state index is -0.00557. The number of piperazine rings is 1. The molecule has 2 atom stereocenters. The third-order valence-electron chi connectivity index (χ3n) is 9.42. The minimum absolute atomic E-state index is 0.00557. The van der Waals surface area contributed by atoms with E-state index in [1.807, 2.05) is 26.1 Å². The number of pyridine rings is 2. The van der Waals surface area contributed by atoms with E-state index in [1.54, 1.807) is 0 Å². The number of aromatic nitrogens is 2. The lowest BCUT2D eigenvalue weighted by Gasteiger charge is -2.41. The summed E-state index contributed by atoms with van der Waals surface area (Å²) in [5.74, 6) is 1.05. The van der Waals surface area contributed by atoms with Crippen LogP contribution < -0.4 is 26.0 Å². The van der Waals surface area contributed by atoms with Crippen molar-refractivity contribution in [2.45, 2.75) is 85.6 Å². The molecular formula is C35H51N7O. The van der Waals surface area contributed by atoms with E-state index in [0.29, 0.717) is 31.2 Å². The fourth-order valence-electron chi connectivity index (χ4n) is 7.02. The Hall–Kier alpha value is -3.20. The summed E-state index contributed by atoms with van der Waals surface area (Å²) in [7, 11) is 2.18. The predicted molar refractivity (Wildman–Crippen MR) is 179 cm³/mol. The van der Waals surface area contributed by atoms with Crippen molar-refractivity contribution in [1.82, 2.24) is 25.5 Å². The summed E-state index contributed by atoms with van der Waals surface area (Å²) in [4.78, 5) is 27.9. The van der Waals surface area contributed by atoms with Crippen LogP contribution in [-0.4, -0.2) is 72.8 Å². The molecule has 8 heteroatoms. The van der Waals surface area contributed by atoms with Gasteiger partial charge in [0.2, 0.25) is 0 Å². The molecule has 2 aliphatic rings. The monoisotopic (exact) mass is 585 g/mol. The van der Waals surface area contributed by atoms with Gasteiger partial charge < -0.3 is 30.3 Å². The zero-order chi connectivity index (χ0) is 30.7. The van der Waals surface area contributed by atoms with Crippen LogP contribution in [0, 0.1) is 20.8 Å². The molecule has 2 saturated heterocycles.